The van der Waals surface area contributed by atoms with E-state index in [1.54, 1.807) is 36.5 Å². The minimum Gasteiger partial charge on any atom is -0.507 e. The molecule has 1 aromatic heterocycles. The molecule has 98 valence electrons. The maximum absolute atomic E-state index is 12.2. The van der Waals surface area contributed by atoms with E-state index in [2.05, 4.69) is 20.9 Å². The van der Waals surface area contributed by atoms with Crippen LogP contribution in [-0.4, -0.2) is 27.9 Å². The van der Waals surface area contributed by atoms with Crippen molar-refractivity contribution in [1.82, 2.24) is 9.88 Å². The molecule has 1 aromatic carbocycles. The molecule has 5 heteroatoms. The van der Waals surface area contributed by atoms with Crippen LogP contribution in [0.4, 0.5) is 0 Å². The van der Waals surface area contributed by atoms with Crippen LogP contribution in [0.25, 0.3) is 0 Å². The van der Waals surface area contributed by atoms with Crippen LogP contribution in [0.15, 0.2) is 47.2 Å². The zero-order chi connectivity index (χ0) is 13.8. The van der Waals surface area contributed by atoms with Crippen molar-refractivity contribution in [3.8, 4) is 5.75 Å². The lowest BCUT2D eigenvalue weighted by atomic mass is 10.1. The van der Waals surface area contributed by atoms with Gasteiger partial charge in [-0.15, -0.1) is 0 Å². The number of rotatable bonds is 3. The maximum atomic E-state index is 12.2. The first-order valence-electron chi connectivity index (χ1n) is 5.71. The fraction of sp³-hybridized carbons (Fsp3) is 0.143. The minimum absolute atomic E-state index is 0.0220. The minimum atomic E-state index is -0.234. The van der Waals surface area contributed by atoms with Gasteiger partial charge in [-0.1, -0.05) is 22.0 Å². The Morgan fingerprint density at radius 1 is 1.42 bits per heavy atom. The van der Waals surface area contributed by atoms with E-state index in [1.807, 2.05) is 12.1 Å². The van der Waals surface area contributed by atoms with E-state index in [9.17, 15) is 9.90 Å². The second-order valence-corrected chi connectivity index (χ2v) is 5.10. The number of hydrogen-bond donors (Lipinski definition) is 1. The highest BCUT2D eigenvalue weighted by Crippen LogP contribution is 2.23. The van der Waals surface area contributed by atoms with Gasteiger partial charge < -0.3 is 10.0 Å². The number of aromatic nitrogens is 1. The van der Waals surface area contributed by atoms with E-state index in [-0.39, 0.29) is 17.2 Å². The summed E-state index contributed by atoms with van der Waals surface area (Å²) < 4.78 is 0.753. The van der Waals surface area contributed by atoms with Gasteiger partial charge in [-0.05, 0) is 29.8 Å². The molecule has 1 amide bonds. The summed E-state index contributed by atoms with van der Waals surface area (Å²) in [5.74, 6) is -0.256. The molecule has 0 saturated carbocycles. The number of nitrogens with zero attached hydrogens (tertiary/aromatic N) is 2. The van der Waals surface area contributed by atoms with Crippen LogP contribution >= 0.6 is 15.9 Å². The topological polar surface area (TPSA) is 53.4 Å². The second-order valence-electron chi connectivity index (χ2n) is 4.18. The fourth-order valence-corrected chi connectivity index (χ4v) is 2.08. The average molecular weight is 321 g/mol. The van der Waals surface area contributed by atoms with Gasteiger partial charge in [0.15, 0.2) is 0 Å². The zero-order valence-corrected chi connectivity index (χ0v) is 12.0. The molecule has 0 fully saturated rings. The Kier molecular flexibility index (Phi) is 4.16. The Balaban J connectivity index is 2.17. The molecule has 0 bridgehead atoms. The highest BCUT2D eigenvalue weighted by molar-refractivity contribution is 9.10. The first-order chi connectivity index (χ1) is 9.08. The van der Waals surface area contributed by atoms with Gasteiger partial charge in [0.2, 0.25) is 0 Å². The summed E-state index contributed by atoms with van der Waals surface area (Å²) in [7, 11) is 1.69. The number of phenolic OH excluding ortho intramolecular Hbond substituents is 1. The predicted molar refractivity (Wildman–Crippen MR) is 75.8 cm³/mol. The molecular weight excluding hydrogens is 308 g/mol. The van der Waals surface area contributed by atoms with E-state index in [0.29, 0.717) is 6.54 Å². The molecule has 0 aliphatic carbocycles. The first kappa shape index (κ1) is 13.5. The van der Waals surface area contributed by atoms with Crippen molar-refractivity contribution in [2.45, 2.75) is 6.54 Å². The Morgan fingerprint density at radius 2 is 2.21 bits per heavy atom. The van der Waals surface area contributed by atoms with Gasteiger partial charge in [0.05, 0.1) is 5.56 Å². The van der Waals surface area contributed by atoms with Crippen molar-refractivity contribution in [2.75, 3.05) is 7.05 Å². The highest BCUT2D eigenvalue weighted by Gasteiger charge is 2.16. The summed E-state index contributed by atoms with van der Waals surface area (Å²) >= 11 is 3.29. The van der Waals surface area contributed by atoms with Crippen LogP contribution < -0.4 is 0 Å². The third-order valence-electron chi connectivity index (χ3n) is 2.68. The first-order valence-corrected chi connectivity index (χ1v) is 6.50. The lowest BCUT2D eigenvalue weighted by molar-refractivity contribution is 0.0782. The van der Waals surface area contributed by atoms with Crippen molar-refractivity contribution in [2.24, 2.45) is 0 Å². The number of hydrogen-bond acceptors (Lipinski definition) is 3. The monoisotopic (exact) mass is 320 g/mol. The van der Waals surface area contributed by atoms with Gasteiger partial charge in [-0.3, -0.25) is 9.78 Å². The van der Waals surface area contributed by atoms with Crippen molar-refractivity contribution in [3.05, 3.63) is 58.3 Å². The Morgan fingerprint density at radius 3 is 2.89 bits per heavy atom. The largest absolute Gasteiger partial charge is 0.507 e. The third kappa shape index (κ3) is 3.32. The number of benzene rings is 1. The Bertz CT molecular complexity index is 587. The summed E-state index contributed by atoms with van der Waals surface area (Å²) in [6.45, 7) is 0.443. The summed E-state index contributed by atoms with van der Waals surface area (Å²) in [5.41, 5.74) is 1.22. The van der Waals surface area contributed by atoms with Crippen molar-refractivity contribution in [1.29, 1.82) is 0 Å². The van der Waals surface area contributed by atoms with Crippen LogP contribution in [0, 0.1) is 0 Å². The Labute approximate surface area is 119 Å². The van der Waals surface area contributed by atoms with Crippen LogP contribution in [0.5, 0.6) is 5.75 Å². The SMILES string of the molecule is CN(Cc1cccnc1)C(=O)c1cc(Br)ccc1O. The van der Waals surface area contributed by atoms with E-state index >= 15 is 0 Å². The van der Waals surface area contributed by atoms with Gasteiger partial charge >= 0.3 is 0 Å². The number of carbonyl (C=O) groups is 1. The molecule has 0 saturated heterocycles. The smallest absolute Gasteiger partial charge is 0.257 e. The van der Waals surface area contributed by atoms with E-state index in [1.165, 1.54) is 6.07 Å². The lowest BCUT2D eigenvalue weighted by Crippen LogP contribution is -2.26. The number of pyridine rings is 1. The van der Waals surface area contributed by atoms with Gasteiger partial charge in [0, 0.05) is 30.5 Å². The summed E-state index contributed by atoms with van der Waals surface area (Å²) in [5, 5.41) is 9.74. The molecule has 0 unspecified atom stereocenters. The normalized spacial score (nSPS) is 10.2. The molecular formula is C14H13BrN2O2. The molecule has 2 rings (SSSR count). The number of aromatic hydroxyl groups is 1. The number of carbonyl (C=O) groups excluding carboxylic acids is 1. The predicted octanol–water partition coefficient (Wildman–Crippen LogP) is 2.82. The van der Waals surface area contributed by atoms with Gasteiger partial charge in [-0.2, -0.15) is 0 Å². The zero-order valence-electron chi connectivity index (χ0n) is 10.4. The van der Waals surface area contributed by atoms with E-state index in [0.717, 1.165) is 10.0 Å². The number of halogens is 1. The third-order valence-corrected chi connectivity index (χ3v) is 3.17. The summed E-state index contributed by atoms with van der Waals surface area (Å²) in [6.07, 6.45) is 3.40. The quantitative estimate of drug-likeness (QED) is 0.946. The molecule has 0 spiro atoms. The molecule has 0 aliphatic rings. The van der Waals surface area contributed by atoms with E-state index < -0.39 is 0 Å². The standard InChI is InChI=1S/C14H13BrN2O2/c1-17(9-10-3-2-6-16-8-10)14(19)12-7-11(15)4-5-13(12)18/h2-8,18H,9H2,1H3. The second kappa shape index (κ2) is 5.84. The highest BCUT2D eigenvalue weighted by atomic mass is 79.9. The van der Waals surface area contributed by atoms with Gasteiger partial charge in [0.1, 0.15) is 5.75 Å². The maximum Gasteiger partial charge on any atom is 0.257 e. The molecule has 0 atom stereocenters. The van der Waals surface area contributed by atoms with Gasteiger partial charge in [0.25, 0.3) is 5.91 Å². The molecule has 2 aromatic rings. The summed E-state index contributed by atoms with van der Waals surface area (Å²) in [6, 6.07) is 8.52. The molecule has 19 heavy (non-hydrogen) atoms. The fourth-order valence-electron chi connectivity index (χ4n) is 1.72. The molecule has 1 heterocycles. The van der Waals surface area contributed by atoms with Crippen molar-refractivity contribution in [3.63, 3.8) is 0 Å². The average Bonchev–Trinajstić information content (AvgIpc) is 2.42. The molecule has 0 radical (unpaired) electrons. The number of amides is 1. The summed E-state index contributed by atoms with van der Waals surface area (Å²) in [4.78, 5) is 17.8. The van der Waals surface area contributed by atoms with Crippen LogP contribution in [-0.2, 0) is 6.54 Å². The number of phenols is 1. The van der Waals surface area contributed by atoms with Crippen molar-refractivity contribution >= 4 is 21.8 Å². The van der Waals surface area contributed by atoms with Crippen molar-refractivity contribution < 1.29 is 9.90 Å². The van der Waals surface area contributed by atoms with Crippen LogP contribution in [0.2, 0.25) is 0 Å². The molecule has 4 nitrogen and oxygen atoms in total. The van der Waals surface area contributed by atoms with Crippen LogP contribution in [0.3, 0.4) is 0 Å². The van der Waals surface area contributed by atoms with E-state index in [4.69, 9.17) is 0 Å². The van der Waals surface area contributed by atoms with Crippen LogP contribution in [0.1, 0.15) is 15.9 Å². The Hall–Kier alpha value is -1.88. The van der Waals surface area contributed by atoms with Gasteiger partial charge in [-0.25, -0.2) is 0 Å². The lowest BCUT2D eigenvalue weighted by Gasteiger charge is -2.17. The molecule has 0 aliphatic heterocycles. The molecule has 1 N–H and O–H groups in total.